The molecule has 0 atom stereocenters. The summed E-state index contributed by atoms with van der Waals surface area (Å²) in [6.45, 7) is 0.353. The lowest BCUT2D eigenvalue weighted by atomic mass is 10.0. The summed E-state index contributed by atoms with van der Waals surface area (Å²) in [5, 5.41) is 9.55. The summed E-state index contributed by atoms with van der Waals surface area (Å²) < 4.78 is 11.0. The van der Waals surface area contributed by atoms with Gasteiger partial charge in [0.2, 0.25) is 0 Å². The summed E-state index contributed by atoms with van der Waals surface area (Å²) >= 11 is 0. The quantitative estimate of drug-likeness (QED) is 0.552. The van der Waals surface area contributed by atoms with Crippen LogP contribution < -0.4 is 15.8 Å². The van der Waals surface area contributed by atoms with Crippen LogP contribution in [0.5, 0.6) is 5.75 Å². The normalized spacial score (nSPS) is 14.7. The van der Waals surface area contributed by atoms with Gasteiger partial charge in [0, 0.05) is 12.1 Å². The Morgan fingerprint density at radius 1 is 1.32 bits per heavy atom. The van der Waals surface area contributed by atoms with Crippen LogP contribution in [0.25, 0.3) is 22.0 Å². The Morgan fingerprint density at radius 3 is 2.96 bits per heavy atom. The molecule has 1 saturated carbocycles. The summed E-state index contributed by atoms with van der Waals surface area (Å²) in [6, 6.07) is 14.5. The first-order valence-electron chi connectivity index (χ1n) is 8.33. The predicted octanol–water partition coefficient (Wildman–Crippen LogP) is 3.07. The standard InChI is InChI=1S/C19H20N4O2/c1-24-17-9-6-12-4-2-3-5-15(12)18(17)16-10-14(25-23-16)11-21-19(20)22-13-7-8-13/h2-6,9-10,13H,7-8,11H2,1H3,(H3,20,21,22). The molecule has 1 heterocycles. The molecule has 1 aromatic heterocycles. The molecule has 0 spiro atoms. The van der Waals surface area contributed by atoms with E-state index in [1.54, 1.807) is 7.11 Å². The third-order valence-corrected chi connectivity index (χ3v) is 4.26. The van der Waals surface area contributed by atoms with Crippen molar-refractivity contribution in [1.29, 1.82) is 0 Å². The minimum Gasteiger partial charge on any atom is -0.496 e. The van der Waals surface area contributed by atoms with Crippen molar-refractivity contribution < 1.29 is 9.26 Å². The highest BCUT2D eigenvalue weighted by Gasteiger charge is 2.21. The van der Waals surface area contributed by atoms with Gasteiger partial charge in [-0.1, -0.05) is 35.5 Å². The molecule has 0 amide bonds. The molecule has 1 aliphatic rings. The molecule has 6 heteroatoms. The van der Waals surface area contributed by atoms with E-state index in [1.807, 2.05) is 30.3 Å². The van der Waals surface area contributed by atoms with Gasteiger partial charge in [-0.25, -0.2) is 4.99 Å². The minimum absolute atomic E-state index is 0.353. The van der Waals surface area contributed by atoms with Crippen molar-refractivity contribution in [2.24, 2.45) is 10.7 Å². The molecular formula is C19H20N4O2. The third-order valence-electron chi connectivity index (χ3n) is 4.26. The van der Waals surface area contributed by atoms with E-state index in [1.165, 1.54) is 0 Å². The van der Waals surface area contributed by atoms with Gasteiger partial charge < -0.3 is 20.3 Å². The van der Waals surface area contributed by atoms with Crippen molar-refractivity contribution in [1.82, 2.24) is 10.5 Å². The third kappa shape index (κ3) is 3.28. The molecule has 25 heavy (non-hydrogen) atoms. The van der Waals surface area contributed by atoms with Crippen LogP contribution in [0.1, 0.15) is 18.6 Å². The highest BCUT2D eigenvalue weighted by molar-refractivity contribution is 5.98. The molecular weight excluding hydrogens is 316 g/mol. The van der Waals surface area contributed by atoms with Crippen molar-refractivity contribution in [3.05, 3.63) is 48.2 Å². The van der Waals surface area contributed by atoms with Gasteiger partial charge in [-0.05, 0) is 29.7 Å². The Labute approximate surface area is 145 Å². The number of benzene rings is 2. The summed E-state index contributed by atoms with van der Waals surface area (Å²) in [7, 11) is 1.66. The van der Waals surface area contributed by atoms with E-state index in [0.717, 1.165) is 40.6 Å². The second-order valence-corrected chi connectivity index (χ2v) is 6.16. The van der Waals surface area contributed by atoms with Crippen LogP contribution in [-0.4, -0.2) is 24.3 Å². The molecule has 4 rings (SSSR count). The molecule has 0 radical (unpaired) electrons. The highest BCUT2D eigenvalue weighted by Crippen LogP contribution is 2.36. The Morgan fingerprint density at radius 2 is 2.16 bits per heavy atom. The number of nitrogens with zero attached hydrogens (tertiary/aromatic N) is 2. The first kappa shape index (κ1) is 15.5. The molecule has 6 nitrogen and oxygen atoms in total. The van der Waals surface area contributed by atoms with Crippen LogP contribution in [0, 0.1) is 0 Å². The first-order chi connectivity index (χ1) is 12.2. The maximum absolute atomic E-state index is 5.86. The second-order valence-electron chi connectivity index (χ2n) is 6.16. The smallest absolute Gasteiger partial charge is 0.189 e. The number of nitrogens with two attached hydrogens (primary N) is 1. The zero-order chi connectivity index (χ0) is 17.2. The van der Waals surface area contributed by atoms with Gasteiger partial charge in [0.1, 0.15) is 18.0 Å². The van der Waals surface area contributed by atoms with E-state index in [-0.39, 0.29) is 0 Å². The van der Waals surface area contributed by atoms with E-state index in [4.69, 9.17) is 15.0 Å². The van der Waals surface area contributed by atoms with E-state index >= 15 is 0 Å². The molecule has 0 aliphatic heterocycles. The van der Waals surface area contributed by atoms with Crippen molar-refractivity contribution in [2.45, 2.75) is 25.4 Å². The summed E-state index contributed by atoms with van der Waals surface area (Å²) in [5.41, 5.74) is 7.51. The number of nitrogens with one attached hydrogen (secondary N) is 1. The fourth-order valence-electron chi connectivity index (χ4n) is 2.84. The van der Waals surface area contributed by atoms with Crippen LogP contribution in [0.4, 0.5) is 0 Å². The Bertz CT molecular complexity index is 928. The van der Waals surface area contributed by atoms with Crippen molar-refractivity contribution in [3.63, 3.8) is 0 Å². The topological polar surface area (TPSA) is 85.7 Å². The second kappa shape index (κ2) is 6.47. The Hall–Kier alpha value is -3.02. The van der Waals surface area contributed by atoms with Crippen LogP contribution in [0.3, 0.4) is 0 Å². The van der Waals surface area contributed by atoms with E-state index in [2.05, 4.69) is 27.6 Å². The number of guanidine groups is 1. The van der Waals surface area contributed by atoms with Crippen LogP contribution >= 0.6 is 0 Å². The first-order valence-corrected chi connectivity index (χ1v) is 8.33. The SMILES string of the molecule is COc1ccc2ccccc2c1-c1cc(CN=C(N)NC2CC2)on1. The van der Waals surface area contributed by atoms with Gasteiger partial charge >= 0.3 is 0 Å². The summed E-state index contributed by atoms with van der Waals surface area (Å²) in [6.07, 6.45) is 2.31. The largest absolute Gasteiger partial charge is 0.496 e. The number of rotatable bonds is 5. The fraction of sp³-hybridized carbons (Fsp3) is 0.263. The van der Waals surface area contributed by atoms with E-state index < -0.39 is 0 Å². The number of aliphatic imine (C=N–C) groups is 1. The van der Waals surface area contributed by atoms with Gasteiger partial charge in [0.05, 0.1) is 12.7 Å². The van der Waals surface area contributed by atoms with Gasteiger partial charge in [-0.15, -0.1) is 0 Å². The molecule has 0 bridgehead atoms. The minimum atomic E-state index is 0.353. The molecule has 0 unspecified atom stereocenters. The zero-order valence-corrected chi connectivity index (χ0v) is 14.0. The predicted molar refractivity (Wildman–Crippen MR) is 97.5 cm³/mol. The Kier molecular flexibility index (Phi) is 4.01. The van der Waals surface area contributed by atoms with Gasteiger partial charge in [-0.2, -0.15) is 0 Å². The molecule has 2 aromatic carbocycles. The van der Waals surface area contributed by atoms with Gasteiger partial charge in [-0.3, -0.25) is 0 Å². The van der Waals surface area contributed by atoms with Crippen molar-refractivity contribution in [2.75, 3.05) is 7.11 Å². The Balaban J connectivity index is 1.64. The number of fused-ring (bicyclic) bond motifs is 1. The average Bonchev–Trinajstić information content (AvgIpc) is 3.33. The molecule has 1 fully saturated rings. The van der Waals surface area contributed by atoms with E-state index in [0.29, 0.717) is 24.3 Å². The number of methoxy groups -OCH3 is 1. The lowest BCUT2D eigenvalue weighted by molar-refractivity contribution is 0.385. The molecule has 3 aromatic rings. The van der Waals surface area contributed by atoms with Crippen molar-refractivity contribution >= 4 is 16.7 Å². The highest BCUT2D eigenvalue weighted by atomic mass is 16.5. The molecule has 0 saturated heterocycles. The maximum Gasteiger partial charge on any atom is 0.189 e. The fourth-order valence-corrected chi connectivity index (χ4v) is 2.84. The average molecular weight is 336 g/mol. The van der Waals surface area contributed by atoms with Crippen molar-refractivity contribution in [3.8, 4) is 17.0 Å². The van der Waals surface area contributed by atoms with Gasteiger partial charge in [0.25, 0.3) is 0 Å². The molecule has 1 aliphatic carbocycles. The number of ether oxygens (including phenoxy) is 1. The summed E-state index contributed by atoms with van der Waals surface area (Å²) in [5.74, 6) is 1.87. The zero-order valence-electron chi connectivity index (χ0n) is 14.0. The number of hydrogen-bond acceptors (Lipinski definition) is 4. The molecule has 128 valence electrons. The monoisotopic (exact) mass is 336 g/mol. The summed E-state index contributed by atoms with van der Waals surface area (Å²) in [4.78, 5) is 4.30. The maximum atomic E-state index is 5.86. The lowest BCUT2D eigenvalue weighted by Gasteiger charge is -2.09. The van der Waals surface area contributed by atoms with Crippen LogP contribution in [-0.2, 0) is 6.54 Å². The van der Waals surface area contributed by atoms with Gasteiger partial charge in [0.15, 0.2) is 11.7 Å². The molecule has 3 N–H and O–H groups in total. The lowest BCUT2D eigenvalue weighted by Crippen LogP contribution is -2.33. The number of hydrogen-bond donors (Lipinski definition) is 2. The van der Waals surface area contributed by atoms with E-state index in [9.17, 15) is 0 Å². The van der Waals surface area contributed by atoms with Crippen LogP contribution in [0.15, 0.2) is 52.0 Å². The number of aromatic nitrogens is 1. The van der Waals surface area contributed by atoms with Crippen LogP contribution in [0.2, 0.25) is 0 Å².